The third kappa shape index (κ3) is 2.26. The zero-order valence-electron chi connectivity index (χ0n) is 8.74. The van der Waals surface area contributed by atoms with Crippen molar-refractivity contribution in [1.82, 2.24) is 4.90 Å². The fraction of sp³-hybridized carbons (Fsp3) is 0.500. The van der Waals surface area contributed by atoms with Crippen LogP contribution in [0.25, 0.3) is 0 Å². The Hall–Kier alpha value is -1.02. The molecule has 1 N–H and O–H groups in total. The van der Waals surface area contributed by atoms with Gasteiger partial charge in [0.05, 0.1) is 0 Å². The molecule has 0 bridgehead atoms. The molecular formula is C12H18N2. The van der Waals surface area contributed by atoms with Crippen molar-refractivity contribution in [2.24, 2.45) is 0 Å². The summed E-state index contributed by atoms with van der Waals surface area (Å²) in [5.74, 6) is 0. The summed E-state index contributed by atoms with van der Waals surface area (Å²) in [4.78, 5) is 2.49. The van der Waals surface area contributed by atoms with Gasteiger partial charge in [-0.25, -0.2) is 0 Å². The van der Waals surface area contributed by atoms with Gasteiger partial charge in [-0.1, -0.05) is 25.1 Å². The molecule has 1 heterocycles. The van der Waals surface area contributed by atoms with Crippen molar-refractivity contribution < 1.29 is 0 Å². The minimum absolute atomic E-state index is 0.636. The molecule has 1 atom stereocenters. The highest BCUT2D eigenvalue weighted by Crippen LogP contribution is 2.14. The molecule has 14 heavy (non-hydrogen) atoms. The van der Waals surface area contributed by atoms with E-state index in [9.17, 15) is 0 Å². The van der Waals surface area contributed by atoms with E-state index in [0.717, 1.165) is 0 Å². The minimum atomic E-state index is 0.636. The van der Waals surface area contributed by atoms with Gasteiger partial charge in [0.2, 0.25) is 0 Å². The van der Waals surface area contributed by atoms with Crippen LogP contribution in [-0.2, 0) is 0 Å². The van der Waals surface area contributed by atoms with Gasteiger partial charge in [0.15, 0.2) is 0 Å². The average molecular weight is 190 g/mol. The van der Waals surface area contributed by atoms with Gasteiger partial charge in [0.25, 0.3) is 0 Å². The number of nitrogens with zero attached hydrogens (tertiary/aromatic N) is 1. The molecule has 1 aliphatic rings. The number of para-hydroxylation sites is 1. The second-order valence-electron chi connectivity index (χ2n) is 3.89. The van der Waals surface area contributed by atoms with Gasteiger partial charge >= 0.3 is 0 Å². The third-order valence-electron chi connectivity index (χ3n) is 2.86. The summed E-state index contributed by atoms with van der Waals surface area (Å²) in [7, 11) is 0. The Morgan fingerprint density at radius 3 is 2.79 bits per heavy atom. The van der Waals surface area contributed by atoms with Crippen molar-refractivity contribution in [1.29, 1.82) is 0 Å². The molecule has 1 fully saturated rings. The van der Waals surface area contributed by atoms with E-state index in [4.69, 9.17) is 0 Å². The fourth-order valence-corrected chi connectivity index (χ4v) is 2.01. The topological polar surface area (TPSA) is 15.3 Å². The number of hydrogen-bond acceptors (Lipinski definition) is 2. The van der Waals surface area contributed by atoms with Crippen LogP contribution in [0.1, 0.15) is 13.3 Å². The number of likely N-dealkylation sites (N-methyl/N-ethyl adjacent to an activating group) is 1. The average Bonchev–Trinajstić information content (AvgIpc) is 2.67. The first-order chi connectivity index (χ1) is 6.88. The van der Waals surface area contributed by atoms with Crippen molar-refractivity contribution in [3.05, 3.63) is 30.3 Å². The molecule has 1 unspecified atom stereocenters. The minimum Gasteiger partial charge on any atom is -0.381 e. The van der Waals surface area contributed by atoms with E-state index in [-0.39, 0.29) is 0 Å². The molecule has 2 rings (SSSR count). The second kappa shape index (κ2) is 4.47. The van der Waals surface area contributed by atoms with E-state index in [0.29, 0.717) is 6.04 Å². The second-order valence-corrected chi connectivity index (χ2v) is 3.89. The first-order valence-corrected chi connectivity index (χ1v) is 5.42. The lowest BCUT2D eigenvalue weighted by atomic mass is 10.2. The summed E-state index contributed by atoms with van der Waals surface area (Å²) in [5, 5.41) is 3.56. The van der Waals surface area contributed by atoms with Crippen molar-refractivity contribution in [3.63, 3.8) is 0 Å². The summed E-state index contributed by atoms with van der Waals surface area (Å²) < 4.78 is 0. The van der Waals surface area contributed by atoms with Gasteiger partial charge in [-0.3, -0.25) is 0 Å². The fourth-order valence-electron chi connectivity index (χ4n) is 2.01. The van der Waals surface area contributed by atoms with Crippen molar-refractivity contribution in [2.45, 2.75) is 19.4 Å². The lowest BCUT2D eigenvalue weighted by molar-refractivity contribution is 0.356. The van der Waals surface area contributed by atoms with Gasteiger partial charge < -0.3 is 10.2 Å². The Balaban J connectivity index is 1.88. The molecule has 0 saturated carbocycles. The SMILES string of the molecule is CCN1CCC(Nc2ccccc2)C1. The number of rotatable bonds is 3. The van der Waals surface area contributed by atoms with Gasteiger partial charge in [0.1, 0.15) is 0 Å². The van der Waals surface area contributed by atoms with Gasteiger partial charge in [-0.15, -0.1) is 0 Å². The Morgan fingerprint density at radius 1 is 1.36 bits per heavy atom. The van der Waals surface area contributed by atoms with Crippen molar-refractivity contribution >= 4 is 5.69 Å². The number of hydrogen-bond donors (Lipinski definition) is 1. The molecular weight excluding hydrogens is 172 g/mol. The van der Waals surface area contributed by atoms with Gasteiger partial charge in [-0.05, 0) is 25.1 Å². The zero-order chi connectivity index (χ0) is 9.80. The molecule has 1 aromatic carbocycles. The smallest absolute Gasteiger partial charge is 0.0400 e. The van der Waals surface area contributed by atoms with E-state index in [2.05, 4.69) is 47.5 Å². The van der Waals surface area contributed by atoms with E-state index < -0.39 is 0 Å². The van der Waals surface area contributed by atoms with Gasteiger partial charge in [0, 0.05) is 24.8 Å². The maximum atomic E-state index is 3.56. The third-order valence-corrected chi connectivity index (χ3v) is 2.86. The van der Waals surface area contributed by atoms with Crippen LogP contribution in [0.15, 0.2) is 30.3 Å². The van der Waals surface area contributed by atoms with E-state index >= 15 is 0 Å². The Labute approximate surface area is 85.9 Å². The largest absolute Gasteiger partial charge is 0.381 e. The lowest BCUT2D eigenvalue weighted by Gasteiger charge is -2.15. The Kier molecular flexibility index (Phi) is 3.04. The molecule has 0 aliphatic carbocycles. The molecule has 0 radical (unpaired) electrons. The quantitative estimate of drug-likeness (QED) is 0.786. The van der Waals surface area contributed by atoms with Crippen LogP contribution in [0.3, 0.4) is 0 Å². The van der Waals surface area contributed by atoms with Crippen LogP contribution >= 0.6 is 0 Å². The molecule has 0 spiro atoms. The normalized spacial score (nSPS) is 22.5. The molecule has 0 amide bonds. The first kappa shape index (κ1) is 9.53. The van der Waals surface area contributed by atoms with Crippen molar-refractivity contribution in [3.8, 4) is 0 Å². The van der Waals surface area contributed by atoms with Gasteiger partial charge in [-0.2, -0.15) is 0 Å². The molecule has 2 heteroatoms. The van der Waals surface area contributed by atoms with Crippen LogP contribution in [0.4, 0.5) is 5.69 Å². The first-order valence-electron chi connectivity index (χ1n) is 5.42. The summed E-state index contributed by atoms with van der Waals surface area (Å²) >= 11 is 0. The Bertz CT molecular complexity index is 271. The molecule has 2 nitrogen and oxygen atoms in total. The highest BCUT2D eigenvalue weighted by molar-refractivity contribution is 5.43. The highest BCUT2D eigenvalue weighted by Gasteiger charge is 2.20. The Morgan fingerprint density at radius 2 is 2.14 bits per heavy atom. The predicted octanol–water partition coefficient (Wildman–Crippen LogP) is 2.19. The van der Waals surface area contributed by atoms with Crippen LogP contribution in [0.2, 0.25) is 0 Å². The van der Waals surface area contributed by atoms with E-state index in [1.165, 1.54) is 31.7 Å². The van der Waals surface area contributed by atoms with E-state index in [1.807, 2.05) is 0 Å². The van der Waals surface area contributed by atoms with Crippen LogP contribution in [0.5, 0.6) is 0 Å². The molecule has 0 aromatic heterocycles. The molecule has 1 saturated heterocycles. The number of benzene rings is 1. The molecule has 1 aromatic rings. The lowest BCUT2D eigenvalue weighted by Crippen LogP contribution is -2.25. The standard InChI is InChI=1S/C12H18N2/c1-2-14-9-8-12(10-14)13-11-6-4-3-5-7-11/h3-7,12-13H,2,8-10H2,1H3. The number of nitrogens with one attached hydrogen (secondary N) is 1. The summed E-state index contributed by atoms with van der Waals surface area (Å²) in [5.41, 5.74) is 1.25. The summed E-state index contributed by atoms with van der Waals surface area (Å²) in [6.45, 7) is 5.82. The summed E-state index contributed by atoms with van der Waals surface area (Å²) in [6, 6.07) is 11.1. The van der Waals surface area contributed by atoms with Crippen LogP contribution < -0.4 is 5.32 Å². The molecule has 1 aliphatic heterocycles. The maximum Gasteiger partial charge on any atom is 0.0400 e. The van der Waals surface area contributed by atoms with Crippen molar-refractivity contribution in [2.75, 3.05) is 25.0 Å². The maximum absolute atomic E-state index is 3.56. The summed E-state index contributed by atoms with van der Waals surface area (Å²) in [6.07, 6.45) is 1.27. The zero-order valence-corrected chi connectivity index (χ0v) is 8.74. The molecule has 76 valence electrons. The number of anilines is 1. The van der Waals surface area contributed by atoms with Crippen LogP contribution in [0, 0.1) is 0 Å². The predicted molar refractivity (Wildman–Crippen MR) is 60.6 cm³/mol. The van der Waals surface area contributed by atoms with Crippen LogP contribution in [-0.4, -0.2) is 30.6 Å². The van der Waals surface area contributed by atoms with E-state index in [1.54, 1.807) is 0 Å². The monoisotopic (exact) mass is 190 g/mol. The highest BCUT2D eigenvalue weighted by atomic mass is 15.2. The number of likely N-dealkylation sites (tertiary alicyclic amines) is 1.